The van der Waals surface area contributed by atoms with E-state index in [4.69, 9.17) is 19.7 Å². The molecular weight excluding hydrogens is 991 g/mol. The van der Waals surface area contributed by atoms with Crippen LogP contribution in [0.2, 0.25) is 0 Å². The summed E-state index contributed by atoms with van der Waals surface area (Å²) in [6.07, 6.45) is 8.35. The number of benzene rings is 2. The first kappa shape index (κ1) is 53.5. The van der Waals surface area contributed by atoms with Crippen LogP contribution in [-0.4, -0.2) is 160 Å². The molecule has 4 N–H and O–H groups in total. The normalized spacial score (nSPS) is 24.6. The number of nitrogen functional groups attached to an aromatic ring is 1. The van der Waals surface area contributed by atoms with Gasteiger partial charge in [0.15, 0.2) is 17.4 Å². The number of aryl methyl sites for hydroxylation is 2. The molecular formula is C59H79N11O6S. The number of amides is 2. The number of nitrogens with one attached hydrogen (secondary N) is 1. The lowest BCUT2D eigenvalue weighted by Gasteiger charge is -2.51. The predicted molar refractivity (Wildman–Crippen MR) is 300 cm³/mol. The maximum absolute atomic E-state index is 14.4. The first-order valence-electron chi connectivity index (χ1n) is 28.5. The summed E-state index contributed by atoms with van der Waals surface area (Å²) in [6.45, 7) is 19.6. The number of aromatic nitrogens is 4. The lowest BCUT2D eigenvalue weighted by molar-refractivity contribution is -0.141. The number of piperidine rings is 3. The molecule has 412 valence electrons. The van der Waals surface area contributed by atoms with Crippen molar-refractivity contribution in [2.45, 2.75) is 140 Å². The topological polar surface area (TPSA) is 192 Å². The molecule has 8 heterocycles. The Labute approximate surface area is 457 Å². The summed E-state index contributed by atoms with van der Waals surface area (Å²) in [5.74, 6) is 1.13. The number of thiazole rings is 1. The van der Waals surface area contributed by atoms with E-state index in [0.29, 0.717) is 17.6 Å². The first-order chi connectivity index (χ1) is 37.3. The van der Waals surface area contributed by atoms with Crippen molar-refractivity contribution in [1.29, 1.82) is 0 Å². The maximum atomic E-state index is 14.4. The van der Waals surface area contributed by atoms with Crippen molar-refractivity contribution in [3.8, 4) is 21.7 Å². The Morgan fingerprint density at radius 1 is 0.896 bits per heavy atom. The van der Waals surface area contributed by atoms with Crippen molar-refractivity contribution < 1.29 is 28.7 Å². The van der Waals surface area contributed by atoms with Gasteiger partial charge in [-0.2, -0.15) is 0 Å². The van der Waals surface area contributed by atoms with Gasteiger partial charge in [0.1, 0.15) is 12.0 Å². The number of hydrogen-bond acceptors (Lipinski definition) is 16. The van der Waals surface area contributed by atoms with Crippen molar-refractivity contribution in [1.82, 2.24) is 40.4 Å². The van der Waals surface area contributed by atoms with Crippen LogP contribution in [0, 0.1) is 25.7 Å². The summed E-state index contributed by atoms with van der Waals surface area (Å²) in [5, 5.41) is 27.2. The molecule has 4 atom stereocenters. The van der Waals surface area contributed by atoms with E-state index >= 15 is 0 Å². The van der Waals surface area contributed by atoms with Crippen molar-refractivity contribution in [2.75, 3.05) is 87.6 Å². The molecule has 17 nitrogen and oxygen atoms in total. The van der Waals surface area contributed by atoms with Gasteiger partial charge >= 0.3 is 0 Å². The maximum Gasteiger partial charge on any atom is 0.243 e. The van der Waals surface area contributed by atoms with Crippen molar-refractivity contribution in [2.24, 2.45) is 11.8 Å². The summed E-state index contributed by atoms with van der Waals surface area (Å²) in [7, 11) is 0. The average molecular weight is 1070 g/mol. The molecule has 2 amide bonds. The number of likely N-dealkylation sites (tertiary alicyclic amines) is 2. The second kappa shape index (κ2) is 23.1. The van der Waals surface area contributed by atoms with Gasteiger partial charge in [-0.15, -0.1) is 21.5 Å². The molecule has 6 aliphatic rings. The monoisotopic (exact) mass is 1070 g/mol. The van der Waals surface area contributed by atoms with Crippen LogP contribution >= 0.6 is 11.3 Å². The third-order valence-electron chi connectivity index (χ3n) is 17.8. The number of rotatable bonds is 15. The van der Waals surface area contributed by atoms with Crippen molar-refractivity contribution in [3.63, 3.8) is 0 Å². The zero-order valence-electron chi connectivity index (χ0n) is 45.7. The van der Waals surface area contributed by atoms with Crippen molar-refractivity contribution >= 4 is 40.5 Å². The largest absolute Gasteiger partial charge is 0.391 e. The number of carbonyl (C=O) groups is 2. The second-order valence-electron chi connectivity index (χ2n) is 23.4. The molecule has 1 unspecified atom stereocenters. The number of aliphatic hydroxyl groups is 1. The fourth-order valence-electron chi connectivity index (χ4n) is 13.2. The number of nitrogens with two attached hydrogens (primary N) is 1. The van der Waals surface area contributed by atoms with Crippen LogP contribution < -0.4 is 20.9 Å². The second-order valence-corrected chi connectivity index (χ2v) is 24.3. The smallest absolute Gasteiger partial charge is 0.243 e. The van der Waals surface area contributed by atoms with E-state index in [2.05, 4.69) is 70.4 Å². The van der Waals surface area contributed by atoms with E-state index in [0.717, 1.165) is 154 Å². The lowest BCUT2D eigenvalue weighted by atomic mass is 9.77. The van der Waals surface area contributed by atoms with Crippen LogP contribution in [-0.2, 0) is 19.1 Å². The highest BCUT2D eigenvalue weighted by atomic mass is 32.1. The van der Waals surface area contributed by atoms with E-state index in [1.54, 1.807) is 16.2 Å². The Bertz CT molecular complexity index is 2810. The van der Waals surface area contributed by atoms with E-state index < -0.39 is 18.1 Å². The highest BCUT2D eigenvalue weighted by molar-refractivity contribution is 7.13. The molecule has 18 heteroatoms. The molecule has 1 aliphatic carbocycles. The van der Waals surface area contributed by atoms with Crippen LogP contribution in [0.1, 0.15) is 113 Å². The predicted octanol–water partition coefficient (Wildman–Crippen LogP) is 7.63. The molecule has 5 aliphatic heterocycles. The first-order valence-corrected chi connectivity index (χ1v) is 29.3. The number of morpholine rings is 1. The molecule has 1 spiro atoms. The van der Waals surface area contributed by atoms with Gasteiger partial charge in [0.2, 0.25) is 11.8 Å². The standard InChI is InChI=1S/C59H79N11O6S/c1-37(2)54(58(73)70-34-45(71)30-51(70)57(72)62-39(4)42-10-12-43(13-11-42)55-40(5)61-36-77-55)52-32-53(65-76-52)69-22-16-47(17-23-69)75-46-14-20-67(21-15-46)44-28-41(29-44)33-66-26-27-74-59(35-66)18-24-68(25-19-59)50-31-49(63-64-56(50)60)48-9-7-6-8-38(48)3/h6-13,31-32,36-37,39,41,44-47,51,54,71H,14-30,33-35H2,1-5H3,(H2,60,64)(H,62,72)/t39-,41?,44?,45+,51-,54?/m0/s1. The number of ether oxygens (including phenoxy) is 2. The third kappa shape index (κ3) is 11.8. The molecule has 0 radical (unpaired) electrons. The fourth-order valence-corrected chi connectivity index (χ4v) is 14.1. The molecule has 3 aromatic heterocycles. The van der Waals surface area contributed by atoms with Gasteiger partial charge in [0.25, 0.3) is 0 Å². The summed E-state index contributed by atoms with van der Waals surface area (Å²) < 4.78 is 19.3. The molecule has 77 heavy (non-hydrogen) atoms. The highest BCUT2D eigenvalue weighted by Gasteiger charge is 2.45. The number of hydrogen-bond donors (Lipinski definition) is 3. The zero-order valence-corrected chi connectivity index (χ0v) is 46.5. The Kier molecular flexibility index (Phi) is 16.0. The zero-order chi connectivity index (χ0) is 53.4. The molecule has 6 fully saturated rings. The van der Waals surface area contributed by atoms with Gasteiger partial charge < -0.3 is 49.8 Å². The fraction of sp³-hybridized carbons (Fsp3) is 0.593. The summed E-state index contributed by atoms with van der Waals surface area (Å²) in [4.78, 5) is 45.3. The number of anilines is 3. The van der Waals surface area contributed by atoms with Crippen LogP contribution in [0.4, 0.5) is 17.3 Å². The average Bonchev–Trinajstić information content (AvgIpc) is 4.21. The Hall–Kier alpha value is -5.50. The van der Waals surface area contributed by atoms with Gasteiger partial charge in [0.05, 0.1) is 64.0 Å². The summed E-state index contributed by atoms with van der Waals surface area (Å²) >= 11 is 1.60. The summed E-state index contributed by atoms with van der Waals surface area (Å²) in [6, 6.07) is 20.0. The van der Waals surface area contributed by atoms with Crippen LogP contribution in [0.25, 0.3) is 21.7 Å². The van der Waals surface area contributed by atoms with Gasteiger partial charge in [-0.25, -0.2) is 4.98 Å². The molecule has 11 rings (SSSR count). The Morgan fingerprint density at radius 3 is 2.32 bits per heavy atom. The molecule has 5 saturated heterocycles. The van der Waals surface area contributed by atoms with Crippen LogP contribution in [0.5, 0.6) is 0 Å². The van der Waals surface area contributed by atoms with Crippen LogP contribution in [0.3, 0.4) is 0 Å². The minimum Gasteiger partial charge on any atom is -0.391 e. The van der Waals surface area contributed by atoms with E-state index in [9.17, 15) is 14.7 Å². The van der Waals surface area contributed by atoms with E-state index in [1.165, 1.54) is 18.4 Å². The molecule has 5 aromatic rings. The van der Waals surface area contributed by atoms with Gasteiger partial charge in [-0.1, -0.05) is 67.5 Å². The number of nitrogens with zero attached hydrogens (tertiary/aromatic N) is 9. The van der Waals surface area contributed by atoms with E-state index in [1.807, 2.05) is 75.7 Å². The van der Waals surface area contributed by atoms with Crippen LogP contribution in [0.15, 0.2) is 70.7 Å². The van der Waals surface area contributed by atoms with Gasteiger partial charge in [-0.3, -0.25) is 14.5 Å². The number of β-amino-alcohol motifs (C(OH)–C–C–N with tert-alkyl or cyclic N) is 1. The minimum absolute atomic E-state index is 0.0878. The van der Waals surface area contributed by atoms with E-state index in [-0.39, 0.29) is 54.5 Å². The SMILES string of the molecule is Cc1ccccc1-c1cc(N2CCC3(CC2)CN(CC2CC(N4CCC(OC5CCN(c6cc(C(C(=O)N7C[C@H](O)C[C@H]7C(=O)N[C@@H](C)c7ccc(-c8scnc8C)cc7)C(C)C)on6)CC5)CC4)C2)CCO3)c(N)nn1. The number of aliphatic hydroxyl groups excluding tert-OH is 1. The molecule has 0 bridgehead atoms. The molecule has 1 saturated carbocycles. The third-order valence-corrected chi connectivity index (χ3v) is 18.8. The highest BCUT2D eigenvalue weighted by Crippen LogP contribution is 2.40. The Morgan fingerprint density at radius 2 is 1.62 bits per heavy atom. The quantitative estimate of drug-likeness (QED) is 0.0927. The van der Waals surface area contributed by atoms with Gasteiger partial charge in [-0.05, 0) is 107 Å². The van der Waals surface area contributed by atoms with Gasteiger partial charge in [0, 0.05) is 89.5 Å². The summed E-state index contributed by atoms with van der Waals surface area (Å²) in [5.41, 5.74) is 15.3. The Balaban J connectivity index is 0.597. The van der Waals surface area contributed by atoms with Crippen molar-refractivity contribution in [3.05, 3.63) is 88.8 Å². The lowest BCUT2D eigenvalue weighted by Crippen LogP contribution is -2.59. The number of carbonyl (C=O) groups excluding carboxylic acids is 2. The molecule has 2 aromatic carbocycles. The minimum atomic E-state index is -0.799.